The van der Waals surface area contributed by atoms with Gasteiger partial charge in [-0.05, 0) is 25.1 Å². The van der Waals surface area contributed by atoms with Crippen LogP contribution in [-0.4, -0.2) is 31.8 Å². The Hall–Kier alpha value is -4.32. The lowest BCUT2D eigenvalue weighted by Crippen LogP contribution is -2.22. The highest BCUT2D eigenvalue weighted by atomic mass is 19.1. The largest absolute Gasteiger partial charge is 0.369 e. The molecule has 0 radical (unpaired) electrons. The SMILES string of the molecule is CCNC(=O)c1cn2c(N)nc(-c3cccc(C#N)c3)c(-c3ccncc3F)c2n1. The summed E-state index contributed by atoms with van der Waals surface area (Å²) in [4.78, 5) is 25.0. The molecular weight excluding hydrogens is 385 g/mol. The Balaban J connectivity index is 2.08. The number of imidazole rings is 1. The molecule has 1 amide bonds. The molecule has 148 valence electrons. The maximum Gasteiger partial charge on any atom is 0.271 e. The molecule has 0 fully saturated rings. The number of rotatable bonds is 4. The van der Waals surface area contributed by atoms with Crippen molar-refractivity contribution < 1.29 is 9.18 Å². The number of carbonyl (C=O) groups is 1. The van der Waals surface area contributed by atoms with Gasteiger partial charge in [0.25, 0.3) is 5.91 Å². The fraction of sp³-hybridized carbons (Fsp3) is 0.0952. The Bertz CT molecular complexity index is 1320. The summed E-state index contributed by atoms with van der Waals surface area (Å²) in [5, 5.41) is 11.9. The molecule has 1 aromatic carbocycles. The van der Waals surface area contributed by atoms with Crippen LogP contribution in [0.3, 0.4) is 0 Å². The standard InChI is InChI=1S/C21H16FN7O/c1-2-26-20(30)16-11-29-19(27-16)17(14-6-7-25-10-15(14)22)18(28-21(29)24)13-5-3-4-12(8-13)9-23/h3-8,10-11H,2H2,1H3,(H2,24,28)(H,26,30). The molecule has 0 saturated carbocycles. The van der Waals surface area contributed by atoms with E-state index in [4.69, 9.17) is 5.73 Å². The molecule has 3 heterocycles. The van der Waals surface area contributed by atoms with E-state index in [2.05, 4.69) is 26.3 Å². The molecule has 0 atom stereocenters. The molecule has 0 unspecified atom stereocenters. The molecule has 3 N–H and O–H groups in total. The van der Waals surface area contributed by atoms with Gasteiger partial charge in [0.15, 0.2) is 5.65 Å². The molecule has 0 aliphatic heterocycles. The average Bonchev–Trinajstić information content (AvgIpc) is 3.21. The number of hydrogen-bond donors (Lipinski definition) is 2. The van der Waals surface area contributed by atoms with Gasteiger partial charge in [0.05, 0.1) is 29.1 Å². The van der Waals surface area contributed by atoms with E-state index >= 15 is 0 Å². The summed E-state index contributed by atoms with van der Waals surface area (Å²) >= 11 is 0. The first-order chi connectivity index (χ1) is 14.5. The zero-order chi connectivity index (χ0) is 21.3. The number of anilines is 1. The smallest absolute Gasteiger partial charge is 0.271 e. The van der Waals surface area contributed by atoms with E-state index in [1.165, 1.54) is 22.9 Å². The first-order valence-corrected chi connectivity index (χ1v) is 9.10. The minimum absolute atomic E-state index is 0.0728. The van der Waals surface area contributed by atoms with Gasteiger partial charge in [-0.1, -0.05) is 12.1 Å². The van der Waals surface area contributed by atoms with E-state index < -0.39 is 5.82 Å². The highest BCUT2D eigenvalue weighted by Crippen LogP contribution is 2.36. The Morgan fingerprint density at radius 1 is 1.33 bits per heavy atom. The number of halogens is 1. The van der Waals surface area contributed by atoms with Gasteiger partial charge in [-0.3, -0.25) is 14.2 Å². The number of fused-ring (bicyclic) bond motifs is 1. The third-order valence-corrected chi connectivity index (χ3v) is 4.52. The molecule has 3 aromatic heterocycles. The zero-order valence-corrected chi connectivity index (χ0v) is 15.9. The van der Waals surface area contributed by atoms with Crippen LogP contribution in [0, 0.1) is 17.1 Å². The van der Waals surface area contributed by atoms with Crippen LogP contribution in [0.25, 0.3) is 28.0 Å². The maximum absolute atomic E-state index is 14.7. The number of carbonyl (C=O) groups excluding carboxylic acids is 1. The summed E-state index contributed by atoms with van der Waals surface area (Å²) in [5.41, 5.74) is 8.42. The van der Waals surface area contributed by atoms with Crippen LogP contribution in [0.5, 0.6) is 0 Å². The molecule has 0 aliphatic rings. The maximum atomic E-state index is 14.7. The molecule has 4 aromatic rings. The molecule has 0 saturated heterocycles. The minimum Gasteiger partial charge on any atom is -0.369 e. The predicted octanol–water partition coefficient (Wildman–Crippen LogP) is 2.80. The first-order valence-electron chi connectivity index (χ1n) is 9.10. The third-order valence-electron chi connectivity index (χ3n) is 4.52. The van der Waals surface area contributed by atoms with Crippen molar-refractivity contribution in [2.24, 2.45) is 0 Å². The van der Waals surface area contributed by atoms with Crippen LogP contribution >= 0.6 is 0 Å². The van der Waals surface area contributed by atoms with Crippen LogP contribution in [0.4, 0.5) is 10.3 Å². The minimum atomic E-state index is -0.578. The molecule has 8 nitrogen and oxygen atoms in total. The van der Waals surface area contributed by atoms with Crippen molar-refractivity contribution in [3.05, 3.63) is 66.0 Å². The second kappa shape index (κ2) is 7.60. The Labute approximate surface area is 170 Å². The number of amides is 1. The lowest BCUT2D eigenvalue weighted by molar-refractivity contribution is 0.0951. The lowest BCUT2D eigenvalue weighted by Gasteiger charge is -2.13. The Morgan fingerprint density at radius 2 is 2.17 bits per heavy atom. The van der Waals surface area contributed by atoms with Crippen molar-refractivity contribution >= 4 is 17.5 Å². The average molecular weight is 401 g/mol. The second-order valence-corrected chi connectivity index (χ2v) is 6.42. The number of nitrogens with zero attached hydrogens (tertiary/aromatic N) is 5. The van der Waals surface area contributed by atoms with E-state index in [0.717, 1.165) is 6.20 Å². The van der Waals surface area contributed by atoms with E-state index in [9.17, 15) is 14.4 Å². The highest BCUT2D eigenvalue weighted by molar-refractivity contribution is 5.96. The van der Waals surface area contributed by atoms with Crippen LogP contribution in [-0.2, 0) is 0 Å². The number of aromatic nitrogens is 4. The van der Waals surface area contributed by atoms with Gasteiger partial charge in [0.1, 0.15) is 11.5 Å². The number of hydrogen-bond acceptors (Lipinski definition) is 6. The quantitative estimate of drug-likeness (QED) is 0.542. The first kappa shape index (κ1) is 19.0. The van der Waals surface area contributed by atoms with E-state index in [0.29, 0.717) is 28.9 Å². The molecular formula is C21H16FN7O. The van der Waals surface area contributed by atoms with Crippen molar-refractivity contribution in [3.63, 3.8) is 0 Å². The van der Waals surface area contributed by atoms with E-state index in [1.54, 1.807) is 31.2 Å². The summed E-state index contributed by atoms with van der Waals surface area (Å²) < 4.78 is 16.2. The number of benzene rings is 1. The third kappa shape index (κ3) is 3.20. The van der Waals surface area contributed by atoms with Crippen LogP contribution in [0.1, 0.15) is 23.0 Å². The van der Waals surface area contributed by atoms with Gasteiger partial charge in [-0.25, -0.2) is 14.4 Å². The molecule has 30 heavy (non-hydrogen) atoms. The van der Waals surface area contributed by atoms with Crippen LogP contribution in [0.15, 0.2) is 48.9 Å². The molecule has 0 aliphatic carbocycles. The van der Waals surface area contributed by atoms with Gasteiger partial charge < -0.3 is 11.1 Å². The topological polar surface area (TPSA) is 122 Å². The van der Waals surface area contributed by atoms with Crippen LogP contribution in [0.2, 0.25) is 0 Å². The van der Waals surface area contributed by atoms with Crippen LogP contribution < -0.4 is 11.1 Å². The molecule has 9 heteroatoms. The monoisotopic (exact) mass is 401 g/mol. The normalized spacial score (nSPS) is 10.7. The van der Waals surface area contributed by atoms with E-state index in [1.807, 2.05) is 0 Å². The lowest BCUT2D eigenvalue weighted by atomic mass is 9.99. The number of nitrogens with two attached hydrogens (primary N) is 1. The predicted molar refractivity (Wildman–Crippen MR) is 109 cm³/mol. The summed E-state index contributed by atoms with van der Waals surface area (Å²) in [7, 11) is 0. The van der Waals surface area contributed by atoms with Crippen molar-refractivity contribution in [3.8, 4) is 28.5 Å². The second-order valence-electron chi connectivity index (χ2n) is 6.42. The number of nitrogens with one attached hydrogen (secondary N) is 1. The number of pyridine rings is 1. The van der Waals surface area contributed by atoms with E-state index in [-0.39, 0.29) is 28.8 Å². The molecule has 0 bridgehead atoms. The van der Waals surface area contributed by atoms with Gasteiger partial charge in [0, 0.05) is 30.1 Å². The van der Waals surface area contributed by atoms with Crippen molar-refractivity contribution in [2.45, 2.75) is 6.92 Å². The molecule has 0 spiro atoms. The fourth-order valence-electron chi connectivity index (χ4n) is 3.19. The van der Waals surface area contributed by atoms with Gasteiger partial charge in [-0.2, -0.15) is 5.26 Å². The van der Waals surface area contributed by atoms with Crippen molar-refractivity contribution in [1.29, 1.82) is 5.26 Å². The summed E-state index contributed by atoms with van der Waals surface area (Å²) in [5.74, 6) is -0.885. The summed E-state index contributed by atoms with van der Waals surface area (Å²) in [6, 6.07) is 10.3. The highest BCUT2D eigenvalue weighted by Gasteiger charge is 2.22. The van der Waals surface area contributed by atoms with Gasteiger partial charge in [-0.15, -0.1) is 0 Å². The van der Waals surface area contributed by atoms with Gasteiger partial charge >= 0.3 is 0 Å². The molecule has 4 rings (SSSR count). The van der Waals surface area contributed by atoms with Crippen molar-refractivity contribution in [2.75, 3.05) is 12.3 Å². The Morgan fingerprint density at radius 3 is 2.90 bits per heavy atom. The summed E-state index contributed by atoms with van der Waals surface area (Å²) in [6.07, 6.45) is 4.00. The number of nitrogen functional groups attached to an aromatic ring is 1. The van der Waals surface area contributed by atoms with Crippen molar-refractivity contribution in [1.82, 2.24) is 24.7 Å². The van der Waals surface area contributed by atoms with Gasteiger partial charge in [0.2, 0.25) is 5.95 Å². The zero-order valence-electron chi connectivity index (χ0n) is 15.9. The number of nitriles is 1. The fourth-order valence-corrected chi connectivity index (χ4v) is 3.19. The Kier molecular flexibility index (Phi) is 4.82. The summed E-state index contributed by atoms with van der Waals surface area (Å²) in [6.45, 7) is 2.22.